The molecule has 3 aromatic rings. The lowest BCUT2D eigenvalue weighted by molar-refractivity contribution is -0.126. The minimum atomic E-state index is -0.846. The average Bonchev–Trinajstić information content (AvgIpc) is 3.21. The normalized spacial score (nSPS) is 17.0. The Morgan fingerprint density at radius 2 is 1.70 bits per heavy atom. The Kier molecular flexibility index (Phi) is 8.23. The Morgan fingerprint density at radius 3 is 2.41 bits per heavy atom. The molecule has 1 saturated heterocycles. The number of amides is 3. The van der Waals surface area contributed by atoms with Gasteiger partial charge in [-0.1, -0.05) is 74.0 Å². The first-order chi connectivity index (χ1) is 17.8. The molecule has 7 nitrogen and oxygen atoms in total. The number of hydrogen-bond donors (Lipinski definition) is 2. The van der Waals surface area contributed by atoms with Gasteiger partial charge in [-0.25, -0.2) is 4.79 Å². The van der Waals surface area contributed by atoms with Crippen LogP contribution in [0.15, 0.2) is 78.9 Å². The highest BCUT2D eigenvalue weighted by atomic mass is 16.6. The maximum atomic E-state index is 13.4. The second-order valence-electron chi connectivity index (χ2n) is 9.78. The molecule has 1 fully saturated rings. The molecule has 7 heteroatoms. The Balaban J connectivity index is 1.58. The van der Waals surface area contributed by atoms with Crippen molar-refractivity contribution in [1.29, 1.82) is 0 Å². The molecule has 0 spiro atoms. The zero-order valence-corrected chi connectivity index (χ0v) is 21.4. The van der Waals surface area contributed by atoms with Crippen LogP contribution in [0, 0.1) is 12.8 Å². The van der Waals surface area contributed by atoms with Crippen molar-refractivity contribution in [2.24, 2.45) is 5.92 Å². The fourth-order valence-corrected chi connectivity index (χ4v) is 4.28. The number of carbonyl (C=O) groups is 3. The van der Waals surface area contributed by atoms with E-state index in [0.717, 1.165) is 17.5 Å². The molecule has 2 N–H and O–H groups in total. The van der Waals surface area contributed by atoms with Gasteiger partial charge < -0.3 is 15.4 Å². The third kappa shape index (κ3) is 6.55. The molecular formula is C30H33N3O4. The molecule has 1 aliphatic rings. The van der Waals surface area contributed by atoms with Crippen LogP contribution in [0.1, 0.15) is 53.4 Å². The predicted molar refractivity (Wildman–Crippen MR) is 143 cm³/mol. The summed E-state index contributed by atoms with van der Waals surface area (Å²) in [6.07, 6.45) is -0.532. The van der Waals surface area contributed by atoms with Crippen molar-refractivity contribution in [3.63, 3.8) is 0 Å². The van der Waals surface area contributed by atoms with Crippen molar-refractivity contribution < 1.29 is 19.1 Å². The maximum Gasteiger partial charge on any atom is 0.411 e. The van der Waals surface area contributed by atoms with Gasteiger partial charge in [0.1, 0.15) is 0 Å². The van der Waals surface area contributed by atoms with Gasteiger partial charge in [0.15, 0.2) is 12.1 Å². The van der Waals surface area contributed by atoms with Gasteiger partial charge >= 0.3 is 6.09 Å². The zero-order valence-electron chi connectivity index (χ0n) is 21.4. The second-order valence-corrected chi connectivity index (χ2v) is 9.78. The Bertz CT molecular complexity index is 1240. The van der Waals surface area contributed by atoms with E-state index in [1.807, 2.05) is 37.3 Å². The number of ether oxygens (including phenoxy) is 1. The molecule has 1 aliphatic heterocycles. The van der Waals surface area contributed by atoms with E-state index in [-0.39, 0.29) is 18.4 Å². The number of cyclic esters (lactones) is 1. The summed E-state index contributed by atoms with van der Waals surface area (Å²) in [6.45, 7) is 6.95. The monoisotopic (exact) mass is 499 g/mol. The second kappa shape index (κ2) is 11.7. The third-order valence-electron chi connectivity index (χ3n) is 6.36. The van der Waals surface area contributed by atoms with Gasteiger partial charge in [0.2, 0.25) is 5.91 Å². The number of anilines is 1. The van der Waals surface area contributed by atoms with Crippen LogP contribution >= 0.6 is 0 Å². The summed E-state index contributed by atoms with van der Waals surface area (Å²) in [5.41, 5.74) is 3.75. The number of benzene rings is 3. The fourth-order valence-electron chi connectivity index (χ4n) is 4.28. The Hall–Kier alpha value is -4.13. The average molecular weight is 500 g/mol. The van der Waals surface area contributed by atoms with Gasteiger partial charge in [-0.3, -0.25) is 14.5 Å². The summed E-state index contributed by atoms with van der Waals surface area (Å²) in [4.78, 5) is 40.6. The molecule has 3 amide bonds. The molecule has 37 heavy (non-hydrogen) atoms. The van der Waals surface area contributed by atoms with E-state index in [4.69, 9.17) is 4.74 Å². The molecule has 4 rings (SSSR count). The predicted octanol–water partition coefficient (Wildman–Crippen LogP) is 5.47. The smallest absolute Gasteiger partial charge is 0.411 e. The van der Waals surface area contributed by atoms with Gasteiger partial charge in [0.25, 0.3) is 5.91 Å². The number of rotatable bonds is 9. The molecule has 0 aliphatic carbocycles. The lowest BCUT2D eigenvalue weighted by Crippen LogP contribution is -2.46. The van der Waals surface area contributed by atoms with E-state index in [2.05, 4.69) is 24.5 Å². The highest BCUT2D eigenvalue weighted by molar-refractivity contribution is 6.04. The van der Waals surface area contributed by atoms with Crippen LogP contribution in [-0.4, -0.2) is 35.4 Å². The van der Waals surface area contributed by atoms with Crippen molar-refractivity contribution in [1.82, 2.24) is 10.2 Å². The van der Waals surface area contributed by atoms with Crippen molar-refractivity contribution >= 4 is 23.6 Å². The van der Waals surface area contributed by atoms with Crippen molar-refractivity contribution in [2.75, 3.05) is 11.9 Å². The van der Waals surface area contributed by atoms with Crippen LogP contribution in [0.2, 0.25) is 0 Å². The van der Waals surface area contributed by atoms with E-state index in [9.17, 15) is 14.4 Å². The summed E-state index contributed by atoms with van der Waals surface area (Å²) in [5, 5.41) is 5.87. The van der Waals surface area contributed by atoms with E-state index >= 15 is 0 Å². The lowest BCUT2D eigenvalue weighted by Gasteiger charge is -2.24. The zero-order chi connectivity index (χ0) is 26.4. The highest BCUT2D eigenvalue weighted by Crippen LogP contribution is 2.35. The van der Waals surface area contributed by atoms with Crippen LogP contribution in [-0.2, 0) is 16.1 Å². The Labute approximate surface area is 217 Å². The van der Waals surface area contributed by atoms with Gasteiger partial charge in [0, 0.05) is 17.8 Å². The molecule has 0 radical (unpaired) electrons. The van der Waals surface area contributed by atoms with Crippen molar-refractivity contribution in [2.45, 2.75) is 45.9 Å². The summed E-state index contributed by atoms with van der Waals surface area (Å²) >= 11 is 0. The quantitative estimate of drug-likeness (QED) is 0.409. The van der Waals surface area contributed by atoms with Crippen LogP contribution in [0.25, 0.3) is 0 Å². The Morgan fingerprint density at radius 1 is 0.973 bits per heavy atom. The third-order valence-corrected chi connectivity index (χ3v) is 6.36. The van der Waals surface area contributed by atoms with Crippen molar-refractivity contribution in [3.8, 4) is 0 Å². The lowest BCUT2D eigenvalue weighted by atomic mass is 9.99. The van der Waals surface area contributed by atoms with Crippen LogP contribution in [0.4, 0.5) is 10.5 Å². The van der Waals surface area contributed by atoms with E-state index < -0.39 is 18.2 Å². The summed E-state index contributed by atoms with van der Waals surface area (Å²) in [5.74, 6) is -0.0707. The molecule has 0 bridgehead atoms. The van der Waals surface area contributed by atoms with Gasteiger partial charge in [-0.2, -0.15) is 0 Å². The van der Waals surface area contributed by atoms with Crippen LogP contribution in [0.3, 0.4) is 0 Å². The molecule has 2 atom stereocenters. The van der Waals surface area contributed by atoms with Gasteiger partial charge in [-0.15, -0.1) is 0 Å². The topological polar surface area (TPSA) is 87.7 Å². The summed E-state index contributed by atoms with van der Waals surface area (Å²) in [6, 6.07) is 23.0. The minimum absolute atomic E-state index is 0.245. The molecule has 192 valence electrons. The summed E-state index contributed by atoms with van der Waals surface area (Å²) < 4.78 is 5.78. The number of nitrogens with one attached hydrogen (secondary N) is 2. The van der Waals surface area contributed by atoms with Crippen LogP contribution < -0.4 is 10.6 Å². The van der Waals surface area contributed by atoms with E-state index in [1.54, 1.807) is 48.5 Å². The first-order valence-corrected chi connectivity index (χ1v) is 12.6. The minimum Gasteiger partial charge on any atom is -0.438 e. The number of aryl methyl sites for hydroxylation is 1. The SMILES string of the molecule is Cc1ccc(CN2C(=O)O[C@H](c3cccc(NC(=O)c4ccccc4)c3)[C@@H]2C(=O)NCCC(C)C)cc1. The highest BCUT2D eigenvalue weighted by Gasteiger charge is 2.47. The van der Waals surface area contributed by atoms with Crippen LogP contribution in [0.5, 0.6) is 0 Å². The maximum absolute atomic E-state index is 13.4. The first-order valence-electron chi connectivity index (χ1n) is 12.6. The molecule has 0 aromatic heterocycles. The molecule has 0 saturated carbocycles. The largest absolute Gasteiger partial charge is 0.438 e. The first kappa shape index (κ1) is 25.9. The molecule has 1 heterocycles. The van der Waals surface area contributed by atoms with Gasteiger partial charge in [-0.05, 0) is 54.7 Å². The molecule has 0 unspecified atom stereocenters. The number of carbonyl (C=O) groups excluding carboxylic acids is 3. The molecule has 3 aromatic carbocycles. The van der Waals surface area contributed by atoms with Gasteiger partial charge in [0.05, 0.1) is 6.54 Å². The standard InChI is InChI=1S/C30H33N3O4/c1-20(2)16-17-31-29(35)26-27(37-30(36)33(26)19-22-14-12-21(3)13-15-22)24-10-7-11-25(18-24)32-28(34)23-8-5-4-6-9-23/h4-15,18,20,26-27H,16-17,19H2,1-3H3,(H,31,35)(H,32,34)/t26-,27-/m1/s1. The number of hydrogen-bond acceptors (Lipinski definition) is 4. The van der Waals surface area contributed by atoms with E-state index in [1.165, 1.54) is 4.90 Å². The summed E-state index contributed by atoms with van der Waals surface area (Å²) in [7, 11) is 0. The number of nitrogens with zero attached hydrogens (tertiary/aromatic N) is 1. The molecular weight excluding hydrogens is 466 g/mol. The fraction of sp³-hybridized carbons (Fsp3) is 0.300. The van der Waals surface area contributed by atoms with Crippen molar-refractivity contribution in [3.05, 3.63) is 101 Å². The van der Waals surface area contributed by atoms with E-state index in [0.29, 0.717) is 29.3 Å².